The van der Waals surface area contributed by atoms with E-state index >= 15 is 0 Å². The maximum Gasteiger partial charge on any atom is 0.318 e. The second kappa shape index (κ2) is 9.25. The van der Waals surface area contributed by atoms with Crippen molar-refractivity contribution >= 4 is 12.0 Å². The Labute approximate surface area is 165 Å². The second-order valence-electron chi connectivity index (χ2n) is 7.36. The lowest BCUT2D eigenvalue weighted by molar-refractivity contribution is -0.138. The van der Waals surface area contributed by atoms with Crippen LogP contribution in [0, 0.1) is 0 Å². The van der Waals surface area contributed by atoms with Crippen molar-refractivity contribution in [1.82, 2.24) is 15.1 Å². The molecule has 0 aliphatic carbocycles. The number of amides is 2. The van der Waals surface area contributed by atoms with Crippen molar-refractivity contribution in [3.63, 3.8) is 0 Å². The second-order valence-corrected chi connectivity index (χ2v) is 7.36. The Morgan fingerprint density at radius 3 is 2.93 bits per heavy atom. The van der Waals surface area contributed by atoms with Gasteiger partial charge in [0.25, 0.3) is 0 Å². The highest BCUT2D eigenvalue weighted by atomic mass is 16.5. The molecule has 0 bridgehead atoms. The number of nitrogens with one attached hydrogen (secondary N) is 1. The molecule has 2 atom stereocenters. The number of likely N-dealkylation sites (N-methyl/N-ethyl adjacent to an activating group) is 1. The van der Waals surface area contributed by atoms with Crippen LogP contribution in [0.3, 0.4) is 0 Å². The van der Waals surface area contributed by atoms with Crippen LogP contribution in [0.1, 0.15) is 30.5 Å². The first-order valence-electron chi connectivity index (χ1n) is 9.80. The molecule has 1 saturated heterocycles. The van der Waals surface area contributed by atoms with E-state index < -0.39 is 5.97 Å². The van der Waals surface area contributed by atoms with Crippen molar-refractivity contribution in [1.29, 1.82) is 0 Å². The molecule has 2 amide bonds. The average molecular weight is 391 g/mol. The molecule has 0 radical (unpaired) electrons. The van der Waals surface area contributed by atoms with E-state index in [1.54, 1.807) is 16.8 Å². The SMILES string of the molecule is CCc1cccc2c1OCCC2NC(=O)N1CCOC(CN(C)CC(=O)O)C1. The molecular formula is C20H29N3O5. The molecule has 2 aliphatic heterocycles. The average Bonchev–Trinajstić information content (AvgIpc) is 2.67. The number of fused-ring (bicyclic) bond motifs is 1. The fourth-order valence-corrected chi connectivity index (χ4v) is 3.82. The number of aliphatic carboxylic acids is 1. The minimum Gasteiger partial charge on any atom is -0.493 e. The molecule has 154 valence electrons. The number of carboxylic acid groups (broad SMARTS) is 1. The number of morpholine rings is 1. The number of urea groups is 1. The normalized spacial score (nSPS) is 21.8. The van der Waals surface area contributed by atoms with Gasteiger partial charge < -0.3 is 24.8 Å². The Hall–Kier alpha value is -2.32. The summed E-state index contributed by atoms with van der Waals surface area (Å²) in [5, 5.41) is 12.0. The number of benzene rings is 1. The van der Waals surface area contributed by atoms with Crippen LogP contribution in [-0.2, 0) is 16.0 Å². The maximum atomic E-state index is 12.9. The quantitative estimate of drug-likeness (QED) is 0.764. The summed E-state index contributed by atoms with van der Waals surface area (Å²) in [7, 11) is 1.74. The van der Waals surface area contributed by atoms with Crippen LogP contribution in [0.4, 0.5) is 4.79 Å². The molecular weight excluding hydrogens is 362 g/mol. The third kappa shape index (κ3) is 4.94. The summed E-state index contributed by atoms with van der Waals surface area (Å²) in [5.41, 5.74) is 2.19. The van der Waals surface area contributed by atoms with Crippen molar-refractivity contribution in [3.8, 4) is 5.75 Å². The van der Waals surface area contributed by atoms with Gasteiger partial charge in [-0.25, -0.2) is 4.79 Å². The molecule has 1 fully saturated rings. The summed E-state index contributed by atoms with van der Waals surface area (Å²) < 4.78 is 11.6. The number of carbonyl (C=O) groups excluding carboxylic acids is 1. The topological polar surface area (TPSA) is 91.3 Å². The molecule has 2 heterocycles. The number of nitrogens with zero attached hydrogens (tertiary/aromatic N) is 2. The van der Waals surface area contributed by atoms with E-state index in [1.807, 2.05) is 12.1 Å². The lowest BCUT2D eigenvalue weighted by Gasteiger charge is -2.36. The van der Waals surface area contributed by atoms with Gasteiger partial charge in [0.2, 0.25) is 0 Å². The van der Waals surface area contributed by atoms with E-state index in [4.69, 9.17) is 14.6 Å². The van der Waals surface area contributed by atoms with E-state index in [0.717, 1.165) is 29.7 Å². The van der Waals surface area contributed by atoms with Crippen LogP contribution in [0.15, 0.2) is 18.2 Å². The van der Waals surface area contributed by atoms with Gasteiger partial charge in [0.05, 0.1) is 31.9 Å². The van der Waals surface area contributed by atoms with Gasteiger partial charge in [0.1, 0.15) is 5.75 Å². The summed E-state index contributed by atoms with van der Waals surface area (Å²) in [6.07, 6.45) is 1.43. The number of ether oxygens (including phenoxy) is 2. The van der Waals surface area contributed by atoms with Crippen molar-refractivity contribution in [3.05, 3.63) is 29.3 Å². The number of rotatable bonds is 6. The summed E-state index contributed by atoms with van der Waals surface area (Å²) in [6, 6.07) is 5.90. The predicted octanol–water partition coefficient (Wildman–Crippen LogP) is 1.50. The van der Waals surface area contributed by atoms with Gasteiger partial charge in [0, 0.05) is 31.6 Å². The van der Waals surface area contributed by atoms with Crippen LogP contribution in [0.5, 0.6) is 5.75 Å². The number of hydrogen-bond acceptors (Lipinski definition) is 5. The number of para-hydroxylation sites is 1. The molecule has 8 heteroatoms. The summed E-state index contributed by atoms with van der Waals surface area (Å²) in [4.78, 5) is 27.1. The first kappa shape index (κ1) is 20.4. The molecule has 2 unspecified atom stereocenters. The van der Waals surface area contributed by atoms with Crippen LogP contribution in [0.2, 0.25) is 0 Å². The van der Waals surface area contributed by atoms with Crippen LogP contribution in [0.25, 0.3) is 0 Å². The number of hydrogen-bond donors (Lipinski definition) is 2. The van der Waals surface area contributed by atoms with Crippen LogP contribution >= 0.6 is 0 Å². The Kier molecular flexibility index (Phi) is 6.74. The number of carbonyl (C=O) groups is 2. The highest BCUT2D eigenvalue weighted by molar-refractivity contribution is 5.75. The first-order valence-corrected chi connectivity index (χ1v) is 9.80. The Bertz CT molecular complexity index is 711. The van der Waals surface area contributed by atoms with Crippen molar-refractivity contribution in [2.75, 3.05) is 46.4 Å². The number of aryl methyl sites for hydroxylation is 1. The molecule has 0 saturated carbocycles. The Morgan fingerprint density at radius 2 is 2.18 bits per heavy atom. The fraction of sp³-hybridized carbons (Fsp3) is 0.600. The van der Waals surface area contributed by atoms with Gasteiger partial charge in [-0.2, -0.15) is 0 Å². The summed E-state index contributed by atoms with van der Waals surface area (Å²) in [6.45, 7) is 4.51. The Morgan fingerprint density at radius 1 is 1.36 bits per heavy atom. The monoisotopic (exact) mass is 391 g/mol. The highest BCUT2D eigenvalue weighted by Gasteiger charge is 2.29. The molecule has 8 nitrogen and oxygen atoms in total. The molecule has 1 aromatic carbocycles. The highest BCUT2D eigenvalue weighted by Crippen LogP contribution is 2.35. The van der Waals surface area contributed by atoms with E-state index in [9.17, 15) is 9.59 Å². The van der Waals surface area contributed by atoms with Crippen molar-refractivity contribution in [2.24, 2.45) is 0 Å². The summed E-state index contributed by atoms with van der Waals surface area (Å²) >= 11 is 0. The molecule has 1 aromatic rings. The van der Waals surface area contributed by atoms with E-state index in [2.05, 4.69) is 18.3 Å². The largest absolute Gasteiger partial charge is 0.493 e. The molecule has 0 spiro atoms. The van der Waals surface area contributed by atoms with Crippen LogP contribution in [-0.4, -0.2) is 79.5 Å². The van der Waals surface area contributed by atoms with E-state index in [-0.39, 0.29) is 24.7 Å². The Balaban J connectivity index is 1.60. The minimum atomic E-state index is -0.877. The van der Waals surface area contributed by atoms with E-state index in [1.165, 1.54) is 0 Å². The zero-order valence-electron chi connectivity index (χ0n) is 16.5. The third-order valence-electron chi connectivity index (χ3n) is 5.18. The lowest BCUT2D eigenvalue weighted by Crippen LogP contribution is -2.53. The van der Waals surface area contributed by atoms with Gasteiger partial charge >= 0.3 is 12.0 Å². The standard InChI is InChI=1S/C20H29N3O5/c1-3-14-5-4-6-16-17(7-9-28-19(14)16)21-20(26)23-8-10-27-15(12-23)11-22(2)13-18(24)25/h4-6,15,17H,3,7-13H2,1-2H3,(H,21,26)(H,24,25). The van der Waals surface area contributed by atoms with Crippen molar-refractivity contribution in [2.45, 2.75) is 31.9 Å². The molecule has 0 aromatic heterocycles. The third-order valence-corrected chi connectivity index (χ3v) is 5.18. The summed E-state index contributed by atoms with van der Waals surface area (Å²) in [5.74, 6) is 0.0224. The van der Waals surface area contributed by atoms with Crippen molar-refractivity contribution < 1.29 is 24.2 Å². The lowest BCUT2D eigenvalue weighted by atomic mass is 9.97. The van der Waals surface area contributed by atoms with Gasteiger partial charge in [0.15, 0.2) is 0 Å². The smallest absolute Gasteiger partial charge is 0.318 e. The van der Waals surface area contributed by atoms with Gasteiger partial charge in [-0.1, -0.05) is 25.1 Å². The fourth-order valence-electron chi connectivity index (χ4n) is 3.82. The minimum absolute atomic E-state index is 0.0509. The molecule has 28 heavy (non-hydrogen) atoms. The molecule has 2 N–H and O–H groups in total. The van der Waals surface area contributed by atoms with Gasteiger partial charge in [-0.15, -0.1) is 0 Å². The van der Waals surface area contributed by atoms with Gasteiger partial charge in [-0.05, 0) is 19.0 Å². The molecule has 3 rings (SSSR count). The van der Waals surface area contributed by atoms with Gasteiger partial charge in [-0.3, -0.25) is 9.69 Å². The zero-order chi connectivity index (χ0) is 20.1. The first-order chi connectivity index (χ1) is 13.5. The molecule has 2 aliphatic rings. The van der Waals surface area contributed by atoms with E-state index in [0.29, 0.717) is 32.8 Å². The number of carboxylic acids is 1. The zero-order valence-corrected chi connectivity index (χ0v) is 16.5. The van der Waals surface area contributed by atoms with Crippen LogP contribution < -0.4 is 10.1 Å². The maximum absolute atomic E-state index is 12.9. The predicted molar refractivity (Wildman–Crippen MR) is 104 cm³/mol.